The molecular formula is C7H7FO2. The molecule has 0 radical (unpaired) electrons. The van der Waals surface area contributed by atoms with Crippen LogP contribution in [0.15, 0.2) is 12.2 Å². The Labute approximate surface area is 57.7 Å². The molecule has 3 heteroatoms. The van der Waals surface area contributed by atoms with Crippen LogP contribution in [0.3, 0.4) is 0 Å². The minimum absolute atomic E-state index is 0.111. The zero-order chi connectivity index (χ0) is 7.35. The van der Waals surface area contributed by atoms with Gasteiger partial charge >= 0.3 is 0 Å². The molecular weight excluding hydrogens is 135 g/mol. The number of carbonyl (C=O) groups is 1. The molecule has 0 saturated carbocycles. The van der Waals surface area contributed by atoms with Crippen LogP contribution in [0.2, 0.25) is 0 Å². The van der Waals surface area contributed by atoms with Gasteiger partial charge in [-0.05, 0) is 19.1 Å². The second-order valence-electron chi connectivity index (χ2n) is 2.86. The van der Waals surface area contributed by atoms with Crippen molar-refractivity contribution in [1.82, 2.24) is 0 Å². The van der Waals surface area contributed by atoms with E-state index >= 15 is 0 Å². The highest BCUT2D eigenvalue weighted by Crippen LogP contribution is 2.39. The zero-order valence-electron chi connectivity index (χ0n) is 5.50. The van der Waals surface area contributed by atoms with Crippen LogP contribution in [0.4, 0.5) is 4.39 Å². The maximum Gasteiger partial charge on any atom is 0.187 e. The third-order valence-corrected chi connectivity index (χ3v) is 1.90. The Hall–Kier alpha value is -0.700. The number of halogens is 1. The standard InChI is InChI=1S/C7H7FO2/c1-7(8)3-2-4(9)5-6(7)10-5/h2-3,5-6H,1H3/t5-,6-,7-/m1/s1. The molecule has 0 spiro atoms. The molecule has 0 unspecified atom stereocenters. The van der Waals surface area contributed by atoms with Crippen molar-refractivity contribution in [2.24, 2.45) is 0 Å². The highest BCUT2D eigenvalue weighted by atomic mass is 19.1. The number of rotatable bonds is 0. The summed E-state index contributed by atoms with van der Waals surface area (Å²) >= 11 is 0. The van der Waals surface area contributed by atoms with Gasteiger partial charge in [0.15, 0.2) is 11.5 Å². The largest absolute Gasteiger partial charge is 0.357 e. The maximum atomic E-state index is 13.1. The van der Waals surface area contributed by atoms with E-state index in [1.807, 2.05) is 0 Å². The fourth-order valence-electron chi connectivity index (χ4n) is 1.19. The first kappa shape index (κ1) is 6.04. The van der Waals surface area contributed by atoms with Crippen LogP contribution in [-0.2, 0) is 9.53 Å². The summed E-state index contributed by atoms with van der Waals surface area (Å²) in [4.78, 5) is 10.7. The van der Waals surface area contributed by atoms with Crippen molar-refractivity contribution in [3.05, 3.63) is 12.2 Å². The molecule has 2 aliphatic rings. The average Bonchev–Trinajstić information content (AvgIpc) is 2.58. The topological polar surface area (TPSA) is 29.6 Å². The summed E-state index contributed by atoms with van der Waals surface area (Å²) in [7, 11) is 0. The molecule has 2 rings (SSSR count). The predicted molar refractivity (Wildman–Crippen MR) is 32.3 cm³/mol. The van der Waals surface area contributed by atoms with Crippen LogP contribution in [0.25, 0.3) is 0 Å². The molecule has 1 aliphatic carbocycles. The molecule has 0 aromatic rings. The summed E-state index contributed by atoms with van der Waals surface area (Å²) in [5.74, 6) is -0.111. The Balaban J connectivity index is 2.32. The Morgan fingerprint density at radius 1 is 1.80 bits per heavy atom. The van der Waals surface area contributed by atoms with Crippen molar-refractivity contribution in [3.8, 4) is 0 Å². The second-order valence-corrected chi connectivity index (χ2v) is 2.86. The van der Waals surface area contributed by atoms with Gasteiger partial charge < -0.3 is 4.74 Å². The fraction of sp³-hybridized carbons (Fsp3) is 0.571. The van der Waals surface area contributed by atoms with Crippen molar-refractivity contribution in [1.29, 1.82) is 0 Å². The maximum absolute atomic E-state index is 13.1. The molecule has 2 nitrogen and oxygen atoms in total. The van der Waals surface area contributed by atoms with Gasteiger partial charge in [0.05, 0.1) is 0 Å². The summed E-state index contributed by atoms with van der Waals surface area (Å²) in [5, 5.41) is 0. The number of ketones is 1. The van der Waals surface area contributed by atoms with Gasteiger partial charge in [-0.3, -0.25) is 4.79 Å². The molecule has 1 fully saturated rings. The van der Waals surface area contributed by atoms with E-state index in [4.69, 9.17) is 4.74 Å². The van der Waals surface area contributed by atoms with E-state index in [1.165, 1.54) is 19.1 Å². The minimum Gasteiger partial charge on any atom is -0.357 e. The number of hydrogen-bond acceptors (Lipinski definition) is 2. The highest BCUT2D eigenvalue weighted by Gasteiger charge is 2.57. The summed E-state index contributed by atoms with van der Waals surface area (Å²) < 4.78 is 17.9. The van der Waals surface area contributed by atoms with E-state index < -0.39 is 17.9 Å². The van der Waals surface area contributed by atoms with Gasteiger partial charge in [-0.2, -0.15) is 0 Å². The van der Waals surface area contributed by atoms with Crippen LogP contribution in [0, 0.1) is 0 Å². The lowest BCUT2D eigenvalue weighted by molar-refractivity contribution is -0.115. The molecule has 0 aromatic heterocycles. The normalized spacial score (nSPS) is 50.8. The molecule has 3 atom stereocenters. The van der Waals surface area contributed by atoms with E-state index in [-0.39, 0.29) is 5.78 Å². The predicted octanol–water partition coefficient (Wildman–Crippen LogP) is 0.621. The van der Waals surface area contributed by atoms with Crippen molar-refractivity contribution in [2.75, 3.05) is 0 Å². The highest BCUT2D eigenvalue weighted by molar-refractivity contribution is 5.97. The molecule has 1 heterocycles. The van der Waals surface area contributed by atoms with E-state index in [0.29, 0.717) is 0 Å². The van der Waals surface area contributed by atoms with Gasteiger partial charge in [-0.25, -0.2) is 4.39 Å². The Bertz CT molecular complexity index is 220. The van der Waals surface area contributed by atoms with Crippen LogP contribution in [-0.4, -0.2) is 23.7 Å². The quantitative estimate of drug-likeness (QED) is 0.464. The van der Waals surface area contributed by atoms with E-state index in [2.05, 4.69) is 0 Å². The average molecular weight is 142 g/mol. The SMILES string of the molecule is C[C@@]1(F)C=CC(=O)[C@H]2O[C@H]21. The van der Waals surface area contributed by atoms with Crippen molar-refractivity contribution < 1.29 is 13.9 Å². The number of carbonyl (C=O) groups excluding carboxylic acids is 1. The molecule has 0 bridgehead atoms. The van der Waals surface area contributed by atoms with Crippen molar-refractivity contribution in [2.45, 2.75) is 24.8 Å². The Kier molecular flexibility index (Phi) is 0.892. The molecule has 54 valence electrons. The molecule has 1 saturated heterocycles. The van der Waals surface area contributed by atoms with Crippen molar-refractivity contribution >= 4 is 5.78 Å². The third kappa shape index (κ3) is 0.639. The van der Waals surface area contributed by atoms with Crippen LogP contribution >= 0.6 is 0 Å². The number of hydrogen-bond donors (Lipinski definition) is 0. The van der Waals surface area contributed by atoms with E-state index in [9.17, 15) is 9.18 Å². The van der Waals surface area contributed by atoms with Gasteiger partial charge in [-0.1, -0.05) is 0 Å². The Morgan fingerprint density at radius 2 is 2.50 bits per heavy atom. The number of ether oxygens (including phenoxy) is 1. The molecule has 0 amide bonds. The van der Waals surface area contributed by atoms with E-state index in [0.717, 1.165) is 0 Å². The monoisotopic (exact) mass is 142 g/mol. The van der Waals surface area contributed by atoms with Gasteiger partial charge in [0, 0.05) is 0 Å². The number of epoxide rings is 1. The Morgan fingerprint density at radius 3 is 3.10 bits per heavy atom. The molecule has 0 aromatic carbocycles. The summed E-state index contributed by atoms with van der Waals surface area (Å²) in [6.07, 6.45) is 1.53. The number of fused-ring (bicyclic) bond motifs is 1. The van der Waals surface area contributed by atoms with Gasteiger partial charge in [0.2, 0.25) is 0 Å². The third-order valence-electron chi connectivity index (χ3n) is 1.90. The second kappa shape index (κ2) is 1.48. The van der Waals surface area contributed by atoms with Gasteiger partial charge in [-0.15, -0.1) is 0 Å². The summed E-state index contributed by atoms with van der Waals surface area (Å²) in [5.41, 5.74) is -1.43. The van der Waals surface area contributed by atoms with Gasteiger partial charge in [0.25, 0.3) is 0 Å². The lowest BCUT2D eigenvalue weighted by Gasteiger charge is -2.14. The fourth-order valence-corrected chi connectivity index (χ4v) is 1.19. The smallest absolute Gasteiger partial charge is 0.187 e. The first-order valence-corrected chi connectivity index (χ1v) is 3.19. The lowest BCUT2D eigenvalue weighted by Crippen LogP contribution is -2.30. The van der Waals surface area contributed by atoms with Crippen LogP contribution in [0.5, 0.6) is 0 Å². The van der Waals surface area contributed by atoms with Gasteiger partial charge in [0.1, 0.15) is 12.2 Å². The number of alkyl halides is 1. The van der Waals surface area contributed by atoms with Crippen LogP contribution < -0.4 is 0 Å². The lowest BCUT2D eigenvalue weighted by atomic mass is 9.94. The van der Waals surface area contributed by atoms with E-state index in [1.54, 1.807) is 0 Å². The molecule has 0 N–H and O–H groups in total. The summed E-state index contributed by atoms with van der Waals surface area (Å²) in [6, 6.07) is 0. The molecule has 10 heavy (non-hydrogen) atoms. The minimum atomic E-state index is -1.43. The summed E-state index contributed by atoms with van der Waals surface area (Å²) in [6.45, 7) is 1.42. The van der Waals surface area contributed by atoms with Crippen LogP contribution in [0.1, 0.15) is 6.92 Å². The first-order chi connectivity index (χ1) is 4.61. The molecule has 1 aliphatic heterocycles. The zero-order valence-corrected chi connectivity index (χ0v) is 5.50. The van der Waals surface area contributed by atoms with Crippen molar-refractivity contribution in [3.63, 3.8) is 0 Å². The first-order valence-electron chi connectivity index (χ1n) is 3.19.